The third-order valence-corrected chi connectivity index (χ3v) is 3.53. The number of esters is 1. The van der Waals surface area contributed by atoms with Gasteiger partial charge in [0.25, 0.3) is 0 Å². The van der Waals surface area contributed by atoms with Crippen molar-refractivity contribution in [2.45, 2.75) is 20.0 Å². The third-order valence-electron chi connectivity index (χ3n) is 3.53. The molecule has 5 nitrogen and oxygen atoms in total. The van der Waals surface area contributed by atoms with Crippen LogP contribution in [0.5, 0.6) is 11.5 Å². The molecule has 0 bridgehead atoms. The molecular weight excluding hydrogens is 339 g/mol. The topological polar surface area (TPSA) is 61.8 Å². The number of fused-ring (bicyclic) bond motifs is 1. The summed E-state index contributed by atoms with van der Waals surface area (Å²) >= 11 is 0. The summed E-state index contributed by atoms with van der Waals surface area (Å²) in [6.45, 7) is 3.27. The van der Waals surface area contributed by atoms with E-state index in [9.17, 15) is 14.0 Å². The van der Waals surface area contributed by atoms with Crippen molar-refractivity contribution in [3.8, 4) is 11.5 Å². The number of carbonyl (C=O) groups excluding carboxylic acids is 2. The minimum absolute atomic E-state index is 0.142. The molecule has 26 heavy (non-hydrogen) atoms. The fourth-order valence-electron chi connectivity index (χ4n) is 2.41. The number of ketones is 1. The van der Waals surface area contributed by atoms with Crippen LogP contribution >= 0.6 is 0 Å². The Hall–Kier alpha value is -3.15. The van der Waals surface area contributed by atoms with Gasteiger partial charge in [-0.05, 0) is 49.8 Å². The molecule has 6 heteroatoms. The van der Waals surface area contributed by atoms with Gasteiger partial charge in [0.1, 0.15) is 17.3 Å². The quantitative estimate of drug-likeness (QED) is 0.603. The fraction of sp³-hybridized carbons (Fsp3) is 0.200. The SMILES string of the molecule is CC(C)OC(=O)COc1ccc2c(c1)O/C(=C\c1ccc(F)cc1)C2=O. The van der Waals surface area contributed by atoms with E-state index >= 15 is 0 Å². The highest BCUT2D eigenvalue weighted by molar-refractivity contribution is 6.14. The van der Waals surface area contributed by atoms with Gasteiger partial charge in [-0.1, -0.05) is 12.1 Å². The number of allylic oxidation sites excluding steroid dienone is 1. The highest BCUT2D eigenvalue weighted by Gasteiger charge is 2.27. The fourth-order valence-corrected chi connectivity index (χ4v) is 2.41. The summed E-state index contributed by atoms with van der Waals surface area (Å²) < 4.78 is 28.9. The minimum Gasteiger partial charge on any atom is -0.482 e. The van der Waals surface area contributed by atoms with Crippen LogP contribution in [0.25, 0.3) is 6.08 Å². The Bertz CT molecular complexity index is 868. The summed E-state index contributed by atoms with van der Waals surface area (Å²) in [7, 11) is 0. The predicted molar refractivity (Wildman–Crippen MR) is 92.5 cm³/mol. The predicted octanol–water partition coefficient (Wildman–Crippen LogP) is 3.77. The summed E-state index contributed by atoms with van der Waals surface area (Å²) in [4.78, 5) is 23.9. The van der Waals surface area contributed by atoms with E-state index in [1.807, 2.05) is 0 Å². The van der Waals surface area contributed by atoms with Crippen molar-refractivity contribution in [1.29, 1.82) is 0 Å². The smallest absolute Gasteiger partial charge is 0.344 e. The molecule has 2 aromatic carbocycles. The Morgan fingerprint density at radius 3 is 2.62 bits per heavy atom. The average Bonchev–Trinajstić information content (AvgIpc) is 2.90. The molecule has 1 heterocycles. The van der Waals surface area contributed by atoms with Gasteiger partial charge in [-0.2, -0.15) is 0 Å². The van der Waals surface area contributed by atoms with Gasteiger partial charge in [-0.25, -0.2) is 9.18 Å². The summed E-state index contributed by atoms with van der Waals surface area (Å²) in [6.07, 6.45) is 1.33. The van der Waals surface area contributed by atoms with E-state index in [2.05, 4.69) is 0 Å². The maximum Gasteiger partial charge on any atom is 0.344 e. The maximum atomic E-state index is 13.0. The highest BCUT2D eigenvalue weighted by atomic mass is 19.1. The first kappa shape index (κ1) is 17.7. The molecule has 0 N–H and O–H groups in total. The van der Waals surface area contributed by atoms with Crippen molar-refractivity contribution in [3.05, 3.63) is 65.2 Å². The van der Waals surface area contributed by atoms with E-state index in [1.54, 1.807) is 50.3 Å². The molecule has 134 valence electrons. The van der Waals surface area contributed by atoms with Crippen LogP contribution < -0.4 is 9.47 Å². The first-order valence-electron chi connectivity index (χ1n) is 8.08. The number of benzene rings is 2. The largest absolute Gasteiger partial charge is 0.482 e. The lowest BCUT2D eigenvalue weighted by Gasteiger charge is -2.09. The van der Waals surface area contributed by atoms with Crippen LogP contribution in [-0.4, -0.2) is 24.5 Å². The van der Waals surface area contributed by atoms with Crippen LogP contribution in [0.3, 0.4) is 0 Å². The number of hydrogen-bond acceptors (Lipinski definition) is 5. The molecule has 0 fully saturated rings. The number of carbonyl (C=O) groups is 2. The van der Waals surface area contributed by atoms with Gasteiger partial charge in [0.2, 0.25) is 5.78 Å². The normalized spacial score (nSPS) is 14.3. The van der Waals surface area contributed by atoms with Crippen LogP contribution in [0.2, 0.25) is 0 Å². The Morgan fingerprint density at radius 2 is 1.92 bits per heavy atom. The van der Waals surface area contributed by atoms with Crippen molar-refractivity contribution in [3.63, 3.8) is 0 Å². The van der Waals surface area contributed by atoms with Crippen molar-refractivity contribution in [2.24, 2.45) is 0 Å². The summed E-state index contributed by atoms with van der Waals surface area (Å²) in [5.41, 5.74) is 1.05. The van der Waals surface area contributed by atoms with Gasteiger partial charge >= 0.3 is 5.97 Å². The van der Waals surface area contributed by atoms with Crippen molar-refractivity contribution < 1.29 is 28.2 Å². The molecule has 1 aliphatic rings. The monoisotopic (exact) mass is 356 g/mol. The van der Waals surface area contributed by atoms with Gasteiger partial charge < -0.3 is 14.2 Å². The number of hydrogen-bond donors (Lipinski definition) is 0. The molecular formula is C20H17FO5. The molecule has 0 aliphatic carbocycles. The van der Waals surface area contributed by atoms with Crippen molar-refractivity contribution >= 4 is 17.8 Å². The molecule has 1 aliphatic heterocycles. The molecule has 0 radical (unpaired) electrons. The highest BCUT2D eigenvalue weighted by Crippen LogP contribution is 2.34. The van der Waals surface area contributed by atoms with Gasteiger partial charge in [0, 0.05) is 6.07 Å². The van der Waals surface area contributed by atoms with Crippen LogP contribution in [0.15, 0.2) is 48.2 Å². The zero-order valence-corrected chi connectivity index (χ0v) is 14.3. The van der Waals surface area contributed by atoms with Crippen LogP contribution in [0.1, 0.15) is 29.8 Å². The minimum atomic E-state index is -0.477. The molecule has 0 aromatic heterocycles. The molecule has 2 aromatic rings. The van der Waals surface area contributed by atoms with Gasteiger partial charge in [-0.15, -0.1) is 0 Å². The third kappa shape index (κ3) is 4.08. The molecule has 0 amide bonds. The van der Waals surface area contributed by atoms with Gasteiger partial charge in [0.15, 0.2) is 12.4 Å². The maximum absolute atomic E-state index is 13.0. The standard InChI is InChI=1S/C20H17FO5/c1-12(2)25-19(22)11-24-15-7-8-16-17(10-15)26-18(20(16)23)9-13-3-5-14(21)6-4-13/h3-10,12H,11H2,1-2H3/b18-9-. The molecule has 0 spiro atoms. The average molecular weight is 356 g/mol. The van der Waals surface area contributed by atoms with E-state index < -0.39 is 5.97 Å². The van der Waals surface area contributed by atoms with Crippen LogP contribution in [-0.2, 0) is 9.53 Å². The second-order valence-corrected chi connectivity index (χ2v) is 5.98. The van der Waals surface area contributed by atoms with E-state index in [4.69, 9.17) is 14.2 Å². The molecule has 0 saturated heterocycles. The van der Waals surface area contributed by atoms with Crippen molar-refractivity contribution in [2.75, 3.05) is 6.61 Å². The zero-order chi connectivity index (χ0) is 18.7. The number of ether oxygens (including phenoxy) is 3. The molecule has 0 unspecified atom stereocenters. The van der Waals surface area contributed by atoms with Crippen LogP contribution in [0.4, 0.5) is 4.39 Å². The summed E-state index contributed by atoms with van der Waals surface area (Å²) in [5.74, 6) is -0.224. The van der Waals surface area contributed by atoms with E-state index in [1.165, 1.54) is 12.1 Å². The lowest BCUT2D eigenvalue weighted by molar-refractivity contribution is -0.149. The first-order valence-corrected chi connectivity index (χ1v) is 8.08. The molecule has 0 saturated carbocycles. The number of halogens is 1. The van der Waals surface area contributed by atoms with E-state index in [0.717, 1.165) is 0 Å². The first-order chi connectivity index (χ1) is 12.4. The second kappa shape index (κ2) is 7.39. The molecule has 0 atom stereocenters. The summed E-state index contributed by atoms with van der Waals surface area (Å²) in [6, 6.07) is 10.4. The van der Waals surface area contributed by atoms with Crippen LogP contribution in [0, 0.1) is 5.82 Å². The second-order valence-electron chi connectivity index (χ2n) is 5.98. The van der Waals surface area contributed by atoms with Gasteiger partial charge in [0.05, 0.1) is 11.7 Å². The Kier molecular flexibility index (Phi) is 5.02. The Balaban J connectivity index is 1.72. The van der Waals surface area contributed by atoms with Gasteiger partial charge in [-0.3, -0.25) is 4.79 Å². The number of rotatable bonds is 5. The lowest BCUT2D eigenvalue weighted by Crippen LogP contribution is -2.18. The summed E-state index contributed by atoms with van der Waals surface area (Å²) in [5, 5.41) is 0. The lowest BCUT2D eigenvalue weighted by atomic mass is 10.1. The van der Waals surface area contributed by atoms with E-state index in [-0.39, 0.29) is 30.1 Å². The number of Topliss-reactive ketones (excluding diaryl/α,β-unsaturated/α-hetero) is 1. The Morgan fingerprint density at radius 1 is 1.19 bits per heavy atom. The zero-order valence-electron chi connectivity index (χ0n) is 14.3. The van der Waals surface area contributed by atoms with E-state index in [0.29, 0.717) is 22.6 Å². The van der Waals surface area contributed by atoms with Crippen molar-refractivity contribution in [1.82, 2.24) is 0 Å². The molecule has 3 rings (SSSR count). The Labute approximate surface area is 150 Å².